The van der Waals surface area contributed by atoms with Crippen LogP contribution in [-0.4, -0.2) is 67.0 Å². The van der Waals surface area contributed by atoms with Gasteiger partial charge in [0.1, 0.15) is 5.70 Å². The molecule has 0 fully saturated rings. The Morgan fingerprint density at radius 1 is 1.29 bits per heavy atom. The summed E-state index contributed by atoms with van der Waals surface area (Å²) in [5.41, 5.74) is 7.93. The van der Waals surface area contributed by atoms with E-state index in [-0.39, 0.29) is 24.9 Å². The summed E-state index contributed by atoms with van der Waals surface area (Å²) in [6.07, 6.45) is 3.55. The number of carbonyl (C=O) groups excluding carboxylic acids is 1. The summed E-state index contributed by atoms with van der Waals surface area (Å²) in [6, 6.07) is 3.17. The number of ether oxygens (including phenoxy) is 2. The van der Waals surface area contributed by atoms with Gasteiger partial charge in [-0.3, -0.25) is 4.79 Å². The first-order chi connectivity index (χ1) is 16.3. The van der Waals surface area contributed by atoms with Crippen LogP contribution < -0.4 is 11.1 Å². The van der Waals surface area contributed by atoms with Gasteiger partial charge >= 0.3 is 0 Å². The van der Waals surface area contributed by atoms with Gasteiger partial charge in [0.05, 0.1) is 19.3 Å². The maximum absolute atomic E-state index is 13.6. The SMILES string of the molecule is COCCNc1ncc(C)c(N=CC2=C(N)C(=O)N(Cc3ccc(F)c(F)c3)[C@@H](COC)C2)n1. The molecule has 1 aliphatic heterocycles. The van der Waals surface area contributed by atoms with Crippen LogP contribution in [0.15, 0.2) is 40.7 Å². The fourth-order valence-electron chi connectivity index (χ4n) is 3.48. The number of benzene rings is 1. The van der Waals surface area contributed by atoms with Crippen LogP contribution in [-0.2, 0) is 20.8 Å². The van der Waals surface area contributed by atoms with E-state index < -0.39 is 17.5 Å². The fourth-order valence-corrected chi connectivity index (χ4v) is 3.48. The lowest BCUT2D eigenvalue weighted by Gasteiger charge is -2.36. The highest BCUT2D eigenvalue weighted by atomic mass is 19.2. The Hall–Kier alpha value is -3.44. The zero-order chi connectivity index (χ0) is 24.7. The van der Waals surface area contributed by atoms with E-state index in [4.69, 9.17) is 15.2 Å². The summed E-state index contributed by atoms with van der Waals surface area (Å²) in [6.45, 7) is 3.18. The number of nitrogens with two attached hydrogens (primary N) is 1. The molecule has 11 heteroatoms. The van der Waals surface area contributed by atoms with E-state index in [2.05, 4.69) is 20.3 Å². The van der Waals surface area contributed by atoms with E-state index in [1.165, 1.54) is 24.3 Å². The number of carbonyl (C=O) groups is 1. The smallest absolute Gasteiger partial charge is 0.270 e. The second-order valence-electron chi connectivity index (χ2n) is 7.81. The van der Waals surface area contributed by atoms with Crippen molar-refractivity contribution in [2.24, 2.45) is 10.7 Å². The number of halogens is 2. The van der Waals surface area contributed by atoms with Crippen molar-refractivity contribution in [1.29, 1.82) is 0 Å². The molecule has 9 nitrogen and oxygen atoms in total. The van der Waals surface area contributed by atoms with E-state index in [1.54, 1.807) is 13.3 Å². The molecule has 34 heavy (non-hydrogen) atoms. The molecule has 3 N–H and O–H groups in total. The number of aliphatic imine (C=N–C) groups is 1. The molecule has 1 aromatic carbocycles. The third-order valence-electron chi connectivity index (χ3n) is 5.31. The number of aryl methyl sites for hydroxylation is 1. The van der Waals surface area contributed by atoms with Crippen molar-refractivity contribution in [2.75, 3.05) is 39.3 Å². The van der Waals surface area contributed by atoms with Crippen molar-refractivity contribution in [2.45, 2.75) is 25.9 Å². The monoisotopic (exact) mass is 474 g/mol. The third kappa shape index (κ3) is 6.12. The van der Waals surface area contributed by atoms with Crippen molar-refractivity contribution in [3.8, 4) is 0 Å². The number of amides is 1. The summed E-state index contributed by atoms with van der Waals surface area (Å²) >= 11 is 0. The molecule has 0 unspecified atom stereocenters. The highest BCUT2D eigenvalue weighted by Gasteiger charge is 2.32. The maximum atomic E-state index is 13.6. The predicted octanol–water partition coefficient (Wildman–Crippen LogP) is 2.48. The average Bonchev–Trinajstić information content (AvgIpc) is 2.82. The van der Waals surface area contributed by atoms with E-state index in [0.717, 1.165) is 17.7 Å². The number of methoxy groups -OCH3 is 2. The first-order valence-corrected chi connectivity index (χ1v) is 10.7. The highest BCUT2D eigenvalue weighted by molar-refractivity contribution is 6.01. The standard InChI is InChI=1S/C23H28F2N6O3/c1-14-10-29-23(27-6-7-33-2)30-21(14)28-11-16-9-17(13-34-3)31(22(32)20(16)26)12-15-4-5-18(24)19(25)8-15/h4-5,8,10-11,17H,6-7,9,12-13,26H2,1-3H3,(H,27,29,30)/t17-/m1/s1. The zero-order valence-electron chi connectivity index (χ0n) is 19.3. The second kappa shape index (κ2) is 11.6. The van der Waals surface area contributed by atoms with Gasteiger partial charge in [0.25, 0.3) is 5.91 Å². The van der Waals surface area contributed by atoms with Crippen LogP contribution in [0.4, 0.5) is 20.5 Å². The van der Waals surface area contributed by atoms with Gasteiger partial charge in [0.15, 0.2) is 17.5 Å². The number of nitrogens with zero attached hydrogens (tertiary/aromatic N) is 4. The van der Waals surface area contributed by atoms with E-state index in [9.17, 15) is 13.6 Å². The van der Waals surface area contributed by atoms with Crippen molar-refractivity contribution < 1.29 is 23.0 Å². The van der Waals surface area contributed by atoms with Gasteiger partial charge < -0.3 is 25.4 Å². The van der Waals surface area contributed by atoms with Gasteiger partial charge in [-0.25, -0.2) is 18.8 Å². The lowest BCUT2D eigenvalue weighted by atomic mass is 9.97. The predicted molar refractivity (Wildman–Crippen MR) is 124 cm³/mol. The molecule has 0 bridgehead atoms. The Bertz CT molecular complexity index is 1090. The van der Waals surface area contributed by atoms with Gasteiger partial charge in [-0.15, -0.1) is 0 Å². The van der Waals surface area contributed by atoms with E-state index in [0.29, 0.717) is 42.5 Å². The Morgan fingerprint density at radius 2 is 2.09 bits per heavy atom. The fraction of sp³-hybridized carbons (Fsp3) is 0.391. The van der Waals surface area contributed by atoms with Gasteiger partial charge in [-0.05, 0) is 31.0 Å². The van der Waals surface area contributed by atoms with E-state index >= 15 is 0 Å². The maximum Gasteiger partial charge on any atom is 0.270 e. The number of aromatic nitrogens is 2. The zero-order valence-corrected chi connectivity index (χ0v) is 19.3. The summed E-state index contributed by atoms with van der Waals surface area (Å²) in [5, 5.41) is 3.04. The number of hydrogen-bond donors (Lipinski definition) is 2. The summed E-state index contributed by atoms with van der Waals surface area (Å²) < 4.78 is 37.2. The molecule has 1 aromatic heterocycles. The molecule has 0 saturated carbocycles. The van der Waals surface area contributed by atoms with Gasteiger partial charge in [-0.2, -0.15) is 4.98 Å². The molecule has 1 amide bonds. The molecule has 0 saturated heterocycles. The molecule has 2 heterocycles. The molecule has 0 radical (unpaired) electrons. The molecule has 0 spiro atoms. The molecule has 2 aromatic rings. The molecular weight excluding hydrogens is 446 g/mol. The topological polar surface area (TPSA) is 115 Å². The van der Waals surface area contributed by atoms with Crippen LogP contribution >= 0.6 is 0 Å². The minimum absolute atomic E-state index is 0.0313. The molecule has 182 valence electrons. The number of hydrogen-bond acceptors (Lipinski definition) is 8. The van der Waals surface area contributed by atoms with Gasteiger partial charge in [-0.1, -0.05) is 6.07 Å². The number of anilines is 1. The van der Waals surface area contributed by atoms with Gasteiger partial charge in [0.2, 0.25) is 5.95 Å². The quantitative estimate of drug-likeness (QED) is 0.402. The Balaban J connectivity index is 1.82. The highest BCUT2D eigenvalue weighted by Crippen LogP contribution is 2.25. The van der Waals surface area contributed by atoms with Crippen LogP contribution in [0.5, 0.6) is 0 Å². The lowest BCUT2D eigenvalue weighted by Crippen LogP contribution is -2.48. The third-order valence-corrected chi connectivity index (χ3v) is 5.31. The van der Waals surface area contributed by atoms with Crippen molar-refractivity contribution in [3.63, 3.8) is 0 Å². The first kappa shape index (κ1) is 25.2. The Kier molecular flexibility index (Phi) is 8.61. The van der Waals surface area contributed by atoms with Gasteiger partial charge in [0, 0.05) is 50.9 Å². The van der Waals surface area contributed by atoms with Crippen LogP contribution in [0, 0.1) is 18.6 Å². The van der Waals surface area contributed by atoms with Crippen LogP contribution in [0.1, 0.15) is 17.5 Å². The molecule has 1 aliphatic rings. The summed E-state index contributed by atoms with van der Waals surface area (Å²) in [7, 11) is 3.13. The number of rotatable bonds is 10. The van der Waals surface area contributed by atoms with Crippen molar-refractivity contribution in [1.82, 2.24) is 14.9 Å². The minimum Gasteiger partial charge on any atom is -0.394 e. The Labute approximate surface area is 196 Å². The Morgan fingerprint density at radius 3 is 2.79 bits per heavy atom. The lowest BCUT2D eigenvalue weighted by molar-refractivity contribution is -0.132. The van der Waals surface area contributed by atoms with Crippen LogP contribution in [0.2, 0.25) is 0 Å². The van der Waals surface area contributed by atoms with Crippen LogP contribution in [0.3, 0.4) is 0 Å². The minimum atomic E-state index is -0.974. The molecular formula is C23H28F2N6O3. The molecule has 1 atom stereocenters. The largest absolute Gasteiger partial charge is 0.394 e. The first-order valence-electron chi connectivity index (χ1n) is 10.7. The van der Waals surface area contributed by atoms with Crippen LogP contribution in [0.25, 0.3) is 0 Å². The molecule has 3 rings (SSSR count). The second-order valence-corrected chi connectivity index (χ2v) is 7.81. The van der Waals surface area contributed by atoms with E-state index in [1.807, 2.05) is 6.92 Å². The normalized spacial score (nSPS) is 16.6. The number of nitrogens with one attached hydrogen (secondary N) is 1. The van der Waals surface area contributed by atoms with Crippen molar-refractivity contribution >= 4 is 23.9 Å². The molecule has 0 aliphatic carbocycles. The average molecular weight is 475 g/mol. The van der Waals surface area contributed by atoms with Crippen molar-refractivity contribution in [3.05, 3.63) is 58.4 Å². The summed E-state index contributed by atoms with van der Waals surface area (Å²) in [5.74, 6) is -1.50. The summed E-state index contributed by atoms with van der Waals surface area (Å²) in [4.78, 5) is 27.6.